The van der Waals surface area contributed by atoms with Gasteiger partial charge in [0, 0.05) is 0 Å². The smallest absolute Gasteiger partial charge is 0.370 e. The van der Waals surface area contributed by atoms with Gasteiger partial charge in [0.25, 0.3) is 0 Å². The average Bonchev–Trinajstić information content (AvgIpc) is 2.29. The molecule has 0 aliphatic carbocycles. The highest BCUT2D eigenvalue weighted by Crippen LogP contribution is 2.09. The first-order valence-corrected chi connectivity index (χ1v) is 3.33. The van der Waals surface area contributed by atoms with E-state index in [-0.39, 0.29) is 0 Å². The molecular weight excluding hydrogens is 146 g/mol. The van der Waals surface area contributed by atoms with E-state index in [0.717, 1.165) is 0 Å². The van der Waals surface area contributed by atoms with Crippen molar-refractivity contribution >= 4 is 11.7 Å². The second-order valence-electron chi connectivity index (χ2n) is 2.04. The van der Waals surface area contributed by atoms with Crippen molar-refractivity contribution in [3.63, 3.8) is 0 Å². The molecule has 0 spiro atoms. The minimum atomic E-state index is -0.448. The number of hydrogen-bond donors (Lipinski definition) is 0. The number of ether oxygens (including phenoxy) is 1. The average molecular weight is 155 g/mol. The van der Waals surface area contributed by atoms with Crippen molar-refractivity contribution in [1.29, 1.82) is 0 Å². The quantitative estimate of drug-likeness (QED) is 0.337. The highest BCUT2D eigenvalue weighted by Gasteiger charge is 2.21. The van der Waals surface area contributed by atoms with Crippen molar-refractivity contribution < 1.29 is 14.4 Å². The van der Waals surface area contributed by atoms with Crippen LogP contribution in [-0.2, 0) is 14.4 Å². The normalized spacial score (nSPS) is 20.0. The van der Waals surface area contributed by atoms with Gasteiger partial charge < -0.3 is 9.57 Å². The maximum atomic E-state index is 10.8. The molecule has 0 N–H and O–H groups in total. The Bertz CT molecular complexity index is 230. The lowest BCUT2D eigenvalue weighted by molar-refractivity contribution is -0.137. The van der Waals surface area contributed by atoms with Crippen molar-refractivity contribution in [3.8, 4) is 0 Å². The first-order valence-electron chi connectivity index (χ1n) is 3.33. The van der Waals surface area contributed by atoms with E-state index in [1.807, 2.05) is 6.92 Å². The molecule has 60 valence electrons. The van der Waals surface area contributed by atoms with Gasteiger partial charge >= 0.3 is 5.97 Å². The van der Waals surface area contributed by atoms with E-state index in [1.54, 1.807) is 6.92 Å². The van der Waals surface area contributed by atoms with Crippen LogP contribution < -0.4 is 0 Å². The first kappa shape index (κ1) is 7.78. The summed E-state index contributed by atoms with van der Waals surface area (Å²) in [5.74, 6) is -0.448. The summed E-state index contributed by atoms with van der Waals surface area (Å²) < 4.78 is 4.91. The van der Waals surface area contributed by atoms with Gasteiger partial charge in [-0.2, -0.15) is 0 Å². The molecule has 1 rings (SSSR count). The summed E-state index contributed by atoms with van der Waals surface area (Å²) in [5.41, 5.74) is 0.954. The van der Waals surface area contributed by atoms with Crippen LogP contribution >= 0.6 is 0 Å². The summed E-state index contributed by atoms with van der Waals surface area (Å²) in [6.07, 6.45) is 1.37. The van der Waals surface area contributed by atoms with Gasteiger partial charge in [-0.15, -0.1) is 0 Å². The first-order chi connectivity index (χ1) is 5.25. The Morgan fingerprint density at radius 1 is 1.73 bits per heavy atom. The van der Waals surface area contributed by atoms with Gasteiger partial charge in [-0.1, -0.05) is 5.16 Å². The van der Waals surface area contributed by atoms with E-state index in [2.05, 4.69) is 9.99 Å². The zero-order valence-corrected chi connectivity index (χ0v) is 6.46. The fourth-order valence-corrected chi connectivity index (χ4v) is 0.656. The van der Waals surface area contributed by atoms with Crippen LogP contribution in [0.4, 0.5) is 0 Å². The monoisotopic (exact) mass is 155 g/mol. The molecule has 11 heavy (non-hydrogen) atoms. The third kappa shape index (κ3) is 1.58. The highest BCUT2D eigenvalue weighted by molar-refractivity contribution is 6.20. The standard InChI is InChI=1S/C7H9NO3/c1-3-10-4-6-5(2)8-11-7(6)9/h4H,3H2,1-2H3. The Labute approximate surface area is 64.5 Å². The molecule has 0 saturated carbocycles. The lowest BCUT2D eigenvalue weighted by Crippen LogP contribution is -2.02. The predicted octanol–water partition coefficient (Wildman–Crippen LogP) is 0.840. The van der Waals surface area contributed by atoms with Crippen molar-refractivity contribution in [1.82, 2.24) is 0 Å². The van der Waals surface area contributed by atoms with Crippen molar-refractivity contribution in [3.05, 3.63) is 11.8 Å². The summed E-state index contributed by atoms with van der Waals surface area (Å²) in [6, 6.07) is 0. The summed E-state index contributed by atoms with van der Waals surface area (Å²) in [4.78, 5) is 15.2. The van der Waals surface area contributed by atoms with E-state index in [1.165, 1.54) is 6.26 Å². The number of nitrogens with zero attached hydrogens (tertiary/aromatic N) is 1. The Hall–Kier alpha value is -1.32. The summed E-state index contributed by atoms with van der Waals surface area (Å²) in [5, 5.41) is 3.47. The summed E-state index contributed by atoms with van der Waals surface area (Å²) in [7, 11) is 0. The van der Waals surface area contributed by atoms with Crippen LogP contribution in [0.3, 0.4) is 0 Å². The molecule has 0 aromatic heterocycles. The molecule has 0 saturated heterocycles. The molecular formula is C7H9NO3. The third-order valence-electron chi connectivity index (χ3n) is 1.24. The number of carbonyl (C=O) groups excluding carboxylic acids is 1. The molecule has 0 aromatic rings. The third-order valence-corrected chi connectivity index (χ3v) is 1.24. The van der Waals surface area contributed by atoms with Crippen LogP contribution in [0, 0.1) is 0 Å². The molecule has 0 aromatic carbocycles. The van der Waals surface area contributed by atoms with Gasteiger partial charge in [-0.3, -0.25) is 0 Å². The largest absolute Gasteiger partial charge is 0.501 e. The molecule has 0 bridgehead atoms. The van der Waals surface area contributed by atoms with Gasteiger partial charge in [0.05, 0.1) is 18.6 Å². The molecule has 4 nitrogen and oxygen atoms in total. The molecule has 0 radical (unpaired) electrons. The van der Waals surface area contributed by atoms with Crippen LogP contribution in [0.2, 0.25) is 0 Å². The number of carbonyl (C=O) groups is 1. The van der Waals surface area contributed by atoms with E-state index >= 15 is 0 Å². The van der Waals surface area contributed by atoms with Crippen molar-refractivity contribution in [2.24, 2.45) is 5.16 Å². The van der Waals surface area contributed by atoms with Crippen LogP contribution in [0.5, 0.6) is 0 Å². The van der Waals surface area contributed by atoms with Crippen LogP contribution in [0.25, 0.3) is 0 Å². The Kier molecular flexibility index (Phi) is 2.25. The van der Waals surface area contributed by atoms with Crippen LogP contribution in [0.15, 0.2) is 17.0 Å². The maximum absolute atomic E-state index is 10.8. The summed E-state index contributed by atoms with van der Waals surface area (Å²) >= 11 is 0. The molecule has 0 atom stereocenters. The fourth-order valence-electron chi connectivity index (χ4n) is 0.656. The number of hydrogen-bond acceptors (Lipinski definition) is 4. The lowest BCUT2D eigenvalue weighted by Gasteiger charge is -1.94. The molecule has 0 fully saturated rings. The van der Waals surface area contributed by atoms with Gasteiger partial charge in [0.1, 0.15) is 5.57 Å². The molecule has 1 aliphatic rings. The molecule has 1 aliphatic heterocycles. The molecule has 0 amide bonds. The van der Waals surface area contributed by atoms with Gasteiger partial charge in [-0.25, -0.2) is 4.79 Å². The van der Waals surface area contributed by atoms with E-state index in [9.17, 15) is 4.79 Å². The topological polar surface area (TPSA) is 47.9 Å². The van der Waals surface area contributed by atoms with Gasteiger partial charge in [0.15, 0.2) is 0 Å². The highest BCUT2D eigenvalue weighted by atomic mass is 16.7. The van der Waals surface area contributed by atoms with Crippen LogP contribution in [0.1, 0.15) is 13.8 Å². The number of oxime groups is 1. The van der Waals surface area contributed by atoms with Crippen LogP contribution in [-0.4, -0.2) is 18.3 Å². The Morgan fingerprint density at radius 3 is 2.91 bits per heavy atom. The van der Waals surface area contributed by atoms with Crippen molar-refractivity contribution in [2.45, 2.75) is 13.8 Å². The van der Waals surface area contributed by atoms with Gasteiger partial charge in [-0.05, 0) is 13.8 Å². The van der Waals surface area contributed by atoms with Crippen molar-refractivity contribution in [2.75, 3.05) is 6.61 Å². The second-order valence-corrected chi connectivity index (χ2v) is 2.04. The molecule has 4 heteroatoms. The minimum absolute atomic E-state index is 0.395. The minimum Gasteiger partial charge on any atom is -0.501 e. The number of rotatable bonds is 2. The zero-order valence-electron chi connectivity index (χ0n) is 6.46. The maximum Gasteiger partial charge on any atom is 0.370 e. The Balaban J connectivity index is 2.69. The second kappa shape index (κ2) is 3.18. The lowest BCUT2D eigenvalue weighted by atomic mass is 10.2. The SMILES string of the molecule is CCOC=C1C(=O)ON=C1C. The summed E-state index contributed by atoms with van der Waals surface area (Å²) in [6.45, 7) is 4.06. The predicted molar refractivity (Wildman–Crippen MR) is 38.9 cm³/mol. The molecule has 0 unspecified atom stereocenters. The van der Waals surface area contributed by atoms with Gasteiger partial charge in [0.2, 0.25) is 0 Å². The zero-order chi connectivity index (χ0) is 8.27. The fraction of sp³-hybridized carbons (Fsp3) is 0.429. The van der Waals surface area contributed by atoms with E-state index < -0.39 is 5.97 Å². The van der Waals surface area contributed by atoms with E-state index in [4.69, 9.17) is 4.74 Å². The Morgan fingerprint density at radius 2 is 2.45 bits per heavy atom. The van der Waals surface area contributed by atoms with E-state index in [0.29, 0.717) is 17.9 Å². The molecule has 1 heterocycles.